The van der Waals surface area contributed by atoms with Crippen molar-refractivity contribution in [1.82, 2.24) is 0 Å². The summed E-state index contributed by atoms with van der Waals surface area (Å²) in [6, 6.07) is 13.8. The minimum atomic E-state index is -4.22. The number of anilines is 2. The van der Waals surface area contributed by atoms with Gasteiger partial charge in [0, 0.05) is 21.1 Å². The Hall–Kier alpha value is -2.66. The Labute approximate surface area is 195 Å². The first-order valence-corrected chi connectivity index (χ1v) is 11.4. The number of hydrogen-bond donors (Lipinski definition) is 2. The summed E-state index contributed by atoms with van der Waals surface area (Å²) in [6.45, 7) is 0. The summed E-state index contributed by atoms with van der Waals surface area (Å²) in [5.74, 6) is -0.489. The molecule has 0 unspecified atom stereocenters. The van der Waals surface area contributed by atoms with E-state index in [9.17, 15) is 23.3 Å². The van der Waals surface area contributed by atoms with Crippen LogP contribution in [0.1, 0.15) is 10.4 Å². The van der Waals surface area contributed by atoms with Gasteiger partial charge in [0.15, 0.2) is 0 Å². The average Bonchev–Trinajstić information content (AvgIpc) is 2.70. The Morgan fingerprint density at radius 2 is 1.65 bits per heavy atom. The molecule has 12 heteroatoms. The van der Waals surface area contributed by atoms with Crippen molar-refractivity contribution < 1.29 is 18.1 Å². The molecule has 0 saturated carbocycles. The quantitative estimate of drug-likeness (QED) is 0.304. The first-order chi connectivity index (χ1) is 14.6. The van der Waals surface area contributed by atoms with Gasteiger partial charge < -0.3 is 5.32 Å². The Morgan fingerprint density at radius 3 is 2.29 bits per heavy atom. The van der Waals surface area contributed by atoms with E-state index in [-0.39, 0.29) is 21.3 Å². The van der Waals surface area contributed by atoms with Gasteiger partial charge in [0.2, 0.25) is 0 Å². The number of benzene rings is 3. The summed E-state index contributed by atoms with van der Waals surface area (Å²) < 4.78 is 28.5. The monoisotopic (exact) mass is 543 g/mol. The number of nitro benzene ring substituents is 1. The number of nitrogens with one attached hydrogen (secondary N) is 2. The van der Waals surface area contributed by atoms with E-state index in [2.05, 4.69) is 26.0 Å². The van der Waals surface area contributed by atoms with Crippen LogP contribution < -0.4 is 10.0 Å². The number of carbonyl (C=O) groups is 1. The first-order valence-electron chi connectivity index (χ1n) is 8.40. The van der Waals surface area contributed by atoms with Gasteiger partial charge in [-0.25, -0.2) is 8.42 Å². The fraction of sp³-hybridized carbons (Fsp3) is 0. The van der Waals surface area contributed by atoms with Crippen molar-refractivity contribution in [3.05, 3.63) is 90.9 Å². The summed E-state index contributed by atoms with van der Waals surface area (Å²) in [4.78, 5) is 22.5. The summed E-state index contributed by atoms with van der Waals surface area (Å²) in [6.07, 6.45) is 0. The number of nitrogens with zero attached hydrogens (tertiary/aromatic N) is 1. The molecule has 0 radical (unpaired) electrons. The van der Waals surface area contributed by atoms with Crippen LogP contribution in [0.4, 0.5) is 17.1 Å². The Bertz CT molecular complexity index is 1280. The van der Waals surface area contributed by atoms with Crippen LogP contribution in [0.5, 0.6) is 0 Å². The van der Waals surface area contributed by atoms with E-state index in [1.165, 1.54) is 24.3 Å². The third-order valence-corrected chi connectivity index (χ3v) is 6.43. The minimum Gasteiger partial charge on any atom is -0.320 e. The lowest BCUT2D eigenvalue weighted by molar-refractivity contribution is -0.384. The number of sulfonamides is 1. The number of hydrogen-bond acceptors (Lipinski definition) is 5. The van der Waals surface area contributed by atoms with E-state index in [4.69, 9.17) is 23.2 Å². The molecule has 160 valence electrons. The van der Waals surface area contributed by atoms with Crippen molar-refractivity contribution in [1.29, 1.82) is 0 Å². The molecule has 8 nitrogen and oxygen atoms in total. The van der Waals surface area contributed by atoms with E-state index in [0.29, 0.717) is 15.1 Å². The predicted molar refractivity (Wildman–Crippen MR) is 122 cm³/mol. The molecule has 31 heavy (non-hydrogen) atoms. The van der Waals surface area contributed by atoms with Gasteiger partial charge in [0.25, 0.3) is 21.6 Å². The van der Waals surface area contributed by atoms with Gasteiger partial charge >= 0.3 is 0 Å². The second-order valence-electron chi connectivity index (χ2n) is 6.13. The second kappa shape index (κ2) is 9.23. The molecule has 0 fully saturated rings. The first kappa shape index (κ1) is 23.0. The van der Waals surface area contributed by atoms with Crippen molar-refractivity contribution in [2.45, 2.75) is 4.90 Å². The molecule has 0 spiro atoms. The van der Waals surface area contributed by atoms with Crippen molar-refractivity contribution in [3.63, 3.8) is 0 Å². The zero-order valence-corrected chi connectivity index (χ0v) is 19.2. The van der Waals surface area contributed by atoms with Crippen LogP contribution in [0.15, 0.2) is 70.0 Å². The number of rotatable bonds is 6. The van der Waals surface area contributed by atoms with Gasteiger partial charge in [-0.1, -0.05) is 39.1 Å². The lowest BCUT2D eigenvalue weighted by Gasteiger charge is -2.14. The average molecular weight is 545 g/mol. The highest BCUT2D eigenvalue weighted by Gasteiger charge is 2.22. The number of amides is 1. The summed E-state index contributed by atoms with van der Waals surface area (Å²) in [5, 5.41) is 14.0. The number of halogens is 3. The zero-order valence-electron chi connectivity index (χ0n) is 15.3. The molecular weight excluding hydrogens is 533 g/mol. The molecule has 3 aromatic carbocycles. The van der Waals surface area contributed by atoms with Crippen LogP contribution >= 0.6 is 39.1 Å². The molecule has 0 aliphatic carbocycles. The fourth-order valence-corrected chi connectivity index (χ4v) is 4.28. The zero-order chi connectivity index (χ0) is 22.8. The second-order valence-corrected chi connectivity index (χ2v) is 9.57. The molecule has 0 saturated heterocycles. The van der Waals surface area contributed by atoms with Crippen LogP contribution in [-0.2, 0) is 10.0 Å². The van der Waals surface area contributed by atoms with Crippen molar-refractivity contribution >= 4 is 72.1 Å². The summed E-state index contributed by atoms with van der Waals surface area (Å²) in [7, 11) is -4.22. The maximum Gasteiger partial charge on any atom is 0.289 e. The standard InChI is InChI=1S/C19H12BrCl2N3O5S/c20-12-3-8-16(17(9-12)23-19(26)11-1-4-13(21)5-2-11)24-31(29,30)14-6-7-15(22)18(10-14)25(27)28/h1-10,24H,(H,23,26). The summed E-state index contributed by atoms with van der Waals surface area (Å²) in [5.41, 5.74) is -0.00685. The van der Waals surface area contributed by atoms with Crippen LogP contribution in [0.2, 0.25) is 10.0 Å². The molecule has 0 aliphatic rings. The van der Waals surface area contributed by atoms with Crippen LogP contribution in [0.25, 0.3) is 0 Å². The lowest BCUT2D eigenvalue weighted by Crippen LogP contribution is -2.17. The highest BCUT2D eigenvalue weighted by molar-refractivity contribution is 9.10. The van der Waals surface area contributed by atoms with Crippen LogP contribution in [0.3, 0.4) is 0 Å². The predicted octanol–water partition coefficient (Wildman–Crippen LogP) is 5.72. The van der Waals surface area contributed by atoms with Crippen molar-refractivity contribution in [2.75, 3.05) is 10.0 Å². The van der Waals surface area contributed by atoms with Gasteiger partial charge in [0.05, 0.1) is 21.2 Å². The fourth-order valence-electron chi connectivity index (χ4n) is 2.51. The van der Waals surface area contributed by atoms with E-state index < -0.39 is 26.5 Å². The van der Waals surface area contributed by atoms with Crippen LogP contribution in [-0.4, -0.2) is 19.2 Å². The normalized spacial score (nSPS) is 11.1. The lowest BCUT2D eigenvalue weighted by atomic mass is 10.2. The Balaban J connectivity index is 1.93. The topological polar surface area (TPSA) is 118 Å². The Morgan fingerprint density at radius 1 is 0.968 bits per heavy atom. The minimum absolute atomic E-state index is 0.0584. The molecule has 3 rings (SSSR count). The maximum absolute atomic E-state index is 12.8. The molecule has 0 atom stereocenters. The maximum atomic E-state index is 12.8. The number of nitro groups is 1. The molecule has 0 heterocycles. The molecule has 0 aliphatic heterocycles. The van der Waals surface area contributed by atoms with Crippen LogP contribution in [0, 0.1) is 10.1 Å². The smallest absolute Gasteiger partial charge is 0.289 e. The van der Waals surface area contributed by atoms with Gasteiger partial charge in [-0.3, -0.25) is 19.6 Å². The van der Waals surface area contributed by atoms with E-state index in [1.54, 1.807) is 18.2 Å². The molecule has 0 aromatic heterocycles. The SMILES string of the molecule is O=C(Nc1cc(Br)ccc1NS(=O)(=O)c1ccc(Cl)c([N+](=O)[O-])c1)c1ccc(Cl)cc1. The third kappa shape index (κ3) is 5.53. The molecule has 2 N–H and O–H groups in total. The summed E-state index contributed by atoms with van der Waals surface area (Å²) >= 11 is 14.9. The van der Waals surface area contributed by atoms with Crippen molar-refractivity contribution in [3.8, 4) is 0 Å². The van der Waals surface area contributed by atoms with E-state index in [1.807, 2.05) is 0 Å². The third-order valence-electron chi connectivity index (χ3n) is 4.01. The Kier molecular flexibility index (Phi) is 6.85. The molecule has 3 aromatic rings. The van der Waals surface area contributed by atoms with E-state index >= 15 is 0 Å². The molecule has 1 amide bonds. The molecule has 0 bridgehead atoms. The van der Waals surface area contributed by atoms with E-state index in [0.717, 1.165) is 18.2 Å². The van der Waals surface area contributed by atoms with Gasteiger partial charge in [-0.15, -0.1) is 0 Å². The molecular formula is C19H12BrCl2N3O5S. The number of carbonyl (C=O) groups excluding carboxylic acids is 1. The van der Waals surface area contributed by atoms with Gasteiger partial charge in [-0.05, 0) is 54.6 Å². The highest BCUT2D eigenvalue weighted by atomic mass is 79.9. The highest BCUT2D eigenvalue weighted by Crippen LogP contribution is 2.31. The van der Waals surface area contributed by atoms with Gasteiger partial charge in [-0.2, -0.15) is 0 Å². The van der Waals surface area contributed by atoms with Gasteiger partial charge in [0.1, 0.15) is 5.02 Å². The largest absolute Gasteiger partial charge is 0.320 e. The van der Waals surface area contributed by atoms with Crippen molar-refractivity contribution in [2.24, 2.45) is 0 Å².